The van der Waals surface area contributed by atoms with Gasteiger partial charge >= 0.3 is 0 Å². The van der Waals surface area contributed by atoms with Gasteiger partial charge in [-0.3, -0.25) is 9.59 Å². The maximum Gasteiger partial charge on any atom is 0.251 e. The lowest BCUT2D eigenvalue weighted by molar-refractivity contribution is -0.115. The zero-order valence-electron chi connectivity index (χ0n) is 15.8. The zero-order valence-corrected chi connectivity index (χ0v) is 17.4. The highest BCUT2D eigenvalue weighted by Crippen LogP contribution is 2.26. The Hall–Kier alpha value is -1.93. The molecule has 1 aromatic heterocycles. The Kier molecular flexibility index (Phi) is 8.74. The molecule has 0 fully saturated rings. The molecule has 1 amide bonds. The average Bonchev–Trinajstić information content (AvgIpc) is 2.63. The molecule has 2 aromatic rings. The highest BCUT2D eigenvalue weighted by Gasteiger charge is 2.18. The molecule has 2 rings (SSSR count). The molecule has 1 aromatic carbocycles. The summed E-state index contributed by atoms with van der Waals surface area (Å²) in [5.41, 5.74) is 1.16. The van der Waals surface area contributed by atoms with Gasteiger partial charge in [-0.2, -0.15) is 11.8 Å². The average molecular weight is 408 g/mol. The van der Waals surface area contributed by atoms with Crippen molar-refractivity contribution < 1.29 is 9.53 Å². The number of aromatic nitrogens is 2. The van der Waals surface area contributed by atoms with Gasteiger partial charge < -0.3 is 15.0 Å². The number of ether oxygens (including phenoxy) is 1. The van der Waals surface area contributed by atoms with Gasteiger partial charge in [-0.25, -0.2) is 4.98 Å². The van der Waals surface area contributed by atoms with Gasteiger partial charge in [-0.15, -0.1) is 0 Å². The quantitative estimate of drug-likeness (QED) is 0.353. The summed E-state index contributed by atoms with van der Waals surface area (Å²) in [6.07, 6.45) is 1.08. The number of para-hydroxylation sites is 2. The van der Waals surface area contributed by atoms with E-state index in [2.05, 4.69) is 22.2 Å². The summed E-state index contributed by atoms with van der Waals surface area (Å²) in [5, 5.41) is 2.90. The Labute approximate surface area is 167 Å². The number of amides is 1. The van der Waals surface area contributed by atoms with E-state index < -0.39 is 5.25 Å². The third kappa shape index (κ3) is 6.95. The largest absolute Gasteiger partial charge is 0.492 e. The van der Waals surface area contributed by atoms with Gasteiger partial charge in [0.25, 0.3) is 5.56 Å². The number of carbonyl (C=O) groups is 1. The lowest BCUT2D eigenvalue weighted by Crippen LogP contribution is -2.23. The second-order valence-electron chi connectivity index (χ2n) is 5.77. The number of thioether (sulfide) groups is 2. The van der Waals surface area contributed by atoms with Crippen LogP contribution in [0.1, 0.15) is 32.9 Å². The highest BCUT2D eigenvalue weighted by molar-refractivity contribution is 8.00. The molecule has 1 atom stereocenters. The van der Waals surface area contributed by atoms with E-state index in [-0.39, 0.29) is 11.5 Å². The van der Waals surface area contributed by atoms with E-state index in [1.807, 2.05) is 25.1 Å². The lowest BCUT2D eigenvalue weighted by atomic mass is 10.3. The summed E-state index contributed by atoms with van der Waals surface area (Å²) in [5.74, 6) is 2.16. The van der Waals surface area contributed by atoms with E-state index in [0.717, 1.165) is 17.9 Å². The first-order chi connectivity index (χ1) is 13.0. The summed E-state index contributed by atoms with van der Waals surface area (Å²) >= 11 is 2.97. The predicted molar refractivity (Wildman–Crippen MR) is 113 cm³/mol. The van der Waals surface area contributed by atoms with Gasteiger partial charge in [0, 0.05) is 11.8 Å². The van der Waals surface area contributed by atoms with Crippen LogP contribution in [0, 0.1) is 0 Å². The van der Waals surface area contributed by atoms with Crippen LogP contribution in [0.25, 0.3) is 0 Å². The van der Waals surface area contributed by atoms with Crippen LogP contribution in [0.4, 0.5) is 5.69 Å². The third-order valence-electron chi connectivity index (χ3n) is 3.47. The van der Waals surface area contributed by atoms with Crippen molar-refractivity contribution in [2.45, 2.75) is 43.4 Å². The first-order valence-corrected chi connectivity index (χ1v) is 10.9. The molecular weight excluding hydrogens is 382 g/mol. The summed E-state index contributed by atoms with van der Waals surface area (Å²) in [4.78, 5) is 31.6. The van der Waals surface area contributed by atoms with E-state index in [1.165, 1.54) is 17.8 Å². The molecule has 6 nitrogen and oxygen atoms in total. The lowest BCUT2D eigenvalue weighted by Gasteiger charge is -2.14. The van der Waals surface area contributed by atoms with Gasteiger partial charge in [0.05, 0.1) is 23.2 Å². The fourth-order valence-corrected chi connectivity index (χ4v) is 3.86. The fourth-order valence-electron chi connectivity index (χ4n) is 2.24. The number of hydrogen-bond acceptors (Lipinski definition) is 6. The van der Waals surface area contributed by atoms with Crippen LogP contribution in [-0.4, -0.2) is 33.5 Å². The van der Waals surface area contributed by atoms with Gasteiger partial charge in [0.2, 0.25) is 5.91 Å². The minimum atomic E-state index is -0.429. The van der Waals surface area contributed by atoms with Crippen molar-refractivity contribution in [3.63, 3.8) is 0 Å². The van der Waals surface area contributed by atoms with Gasteiger partial charge in [-0.1, -0.05) is 30.8 Å². The van der Waals surface area contributed by atoms with Crippen molar-refractivity contribution in [2.24, 2.45) is 0 Å². The second kappa shape index (κ2) is 11.0. The molecule has 0 saturated heterocycles. The van der Waals surface area contributed by atoms with Gasteiger partial charge in [0.1, 0.15) is 5.75 Å². The molecule has 0 bridgehead atoms. The number of benzene rings is 1. The molecule has 1 heterocycles. The van der Waals surface area contributed by atoms with Crippen molar-refractivity contribution in [1.29, 1.82) is 0 Å². The first-order valence-electron chi connectivity index (χ1n) is 8.90. The van der Waals surface area contributed by atoms with Crippen LogP contribution in [0.15, 0.2) is 40.3 Å². The topological polar surface area (TPSA) is 84.1 Å². The molecule has 0 aliphatic heterocycles. The standard InChI is InChI=1S/C19H25N3O3S2/c1-4-10-26-12-14-11-17(23)22-19(20-14)27-13(3)18(24)21-15-8-6-7-9-16(15)25-5-2/h6-9,11,13H,4-5,10,12H2,1-3H3,(H,21,24)(H,20,22,23). The highest BCUT2D eigenvalue weighted by atomic mass is 32.2. The molecule has 0 saturated carbocycles. The monoisotopic (exact) mass is 407 g/mol. The molecule has 0 aliphatic rings. The van der Waals surface area contributed by atoms with Crippen LogP contribution in [0.2, 0.25) is 0 Å². The van der Waals surface area contributed by atoms with Gasteiger partial charge in [-0.05, 0) is 38.2 Å². The number of nitrogens with zero attached hydrogens (tertiary/aromatic N) is 1. The minimum absolute atomic E-state index is 0.180. The first kappa shape index (κ1) is 21.4. The SMILES string of the molecule is CCCSCc1cc(=O)[nH]c(SC(C)C(=O)Nc2ccccc2OCC)n1. The molecule has 0 radical (unpaired) electrons. The number of aromatic amines is 1. The zero-order chi connectivity index (χ0) is 19.6. The molecule has 8 heteroatoms. The van der Waals surface area contributed by atoms with E-state index in [9.17, 15) is 9.59 Å². The van der Waals surface area contributed by atoms with E-state index in [4.69, 9.17) is 4.74 Å². The Morgan fingerprint density at radius 3 is 2.85 bits per heavy atom. The number of nitrogens with one attached hydrogen (secondary N) is 2. The molecule has 1 unspecified atom stereocenters. The number of rotatable bonds is 10. The molecular formula is C19H25N3O3S2. The number of hydrogen-bond donors (Lipinski definition) is 2. The van der Waals surface area contributed by atoms with Crippen LogP contribution in [0.3, 0.4) is 0 Å². The Morgan fingerprint density at radius 2 is 2.11 bits per heavy atom. The number of anilines is 1. The Balaban J connectivity index is 2.03. The molecule has 0 aliphatic carbocycles. The predicted octanol–water partition coefficient (Wildman–Crippen LogP) is 3.93. The Bertz CT molecular complexity index is 811. The smallest absolute Gasteiger partial charge is 0.251 e. The summed E-state index contributed by atoms with van der Waals surface area (Å²) in [7, 11) is 0. The van der Waals surface area contributed by atoms with E-state index >= 15 is 0 Å². The maximum atomic E-state index is 12.5. The number of carbonyl (C=O) groups excluding carboxylic acids is 1. The molecule has 146 valence electrons. The van der Waals surface area contributed by atoms with Crippen molar-refractivity contribution in [3.8, 4) is 5.75 Å². The minimum Gasteiger partial charge on any atom is -0.492 e. The second-order valence-corrected chi connectivity index (χ2v) is 8.21. The maximum absolute atomic E-state index is 12.5. The Morgan fingerprint density at radius 1 is 1.33 bits per heavy atom. The van der Waals surface area contributed by atoms with Crippen molar-refractivity contribution in [2.75, 3.05) is 17.7 Å². The van der Waals surface area contributed by atoms with Crippen LogP contribution in [-0.2, 0) is 10.5 Å². The van der Waals surface area contributed by atoms with Crippen molar-refractivity contribution in [1.82, 2.24) is 9.97 Å². The van der Waals surface area contributed by atoms with Crippen molar-refractivity contribution >= 4 is 35.1 Å². The summed E-state index contributed by atoms with van der Waals surface area (Å²) < 4.78 is 5.53. The molecule has 0 spiro atoms. The summed E-state index contributed by atoms with van der Waals surface area (Å²) in [6, 6.07) is 8.82. The van der Waals surface area contributed by atoms with Gasteiger partial charge in [0.15, 0.2) is 5.16 Å². The van der Waals surface area contributed by atoms with Crippen LogP contribution >= 0.6 is 23.5 Å². The van der Waals surface area contributed by atoms with E-state index in [0.29, 0.717) is 29.0 Å². The van der Waals surface area contributed by atoms with Crippen LogP contribution in [0.5, 0.6) is 5.75 Å². The molecule has 2 N–H and O–H groups in total. The summed E-state index contributed by atoms with van der Waals surface area (Å²) in [6.45, 7) is 6.31. The number of H-pyrrole nitrogens is 1. The molecule has 27 heavy (non-hydrogen) atoms. The van der Waals surface area contributed by atoms with Crippen molar-refractivity contribution in [3.05, 3.63) is 46.4 Å². The van der Waals surface area contributed by atoms with Crippen LogP contribution < -0.4 is 15.6 Å². The normalized spacial score (nSPS) is 11.8. The fraction of sp³-hybridized carbons (Fsp3) is 0.421. The van der Waals surface area contributed by atoms with E-state index in [1.54, 1.807) is 24.8 Å². The third-order valence-corrected chi connectivity index (χ3v) is 5.65.